The molecule has 1 aromatic rings. The number of rotatable bonds is 4. The van der Waals surface area contributed by atoms with Gasteiger partial charge in [0, 0.05) is 5.88 Å². The van der Waals surface area contributed by atoms with Crippen LogP contribution in [0.1, 0.15) is 17.9 Å². The molecule has 0 aliphatic heterocycles. The first-order chi connectivity index (χ1) is 7.60. The van der Waals surface area contributed by atoms with Crippen molar-refractivity contribution in [1.29, 1.82) is 0 Å². The Morgan fingerprint density at radius 2 is 2.12 bits per heavy atom. The van der Waals surface area contributed by atoms with Gasteiger partial charge in [0.2, 0.25) is 5.91 Å². The number of nitrogens with one attached hydrogen (secondary N) is 1. The van der Waals surface area contributed by atoms with E-state index in [9.17, 15) is 13.6 Å². The van der Waals surface area contributed by atoms with Crippen LogP contribution in [0.25, 0.3) is 0 Å². The van der Waals surface area contributed by atoms with Gasteiger partial charge in [-0.2, -0.15) is 0 Å². The SMILES string of the molecule is NNC(=O)C(CCCl)c1ccc(F)c(F)c1. The highest BCUT2D eigenvalue weighted by Crippen LogP contribution is 2.22. The fourth-order valence-corrected chi connectivity index (χ4v) is 1.61. The van der Waals surface area contributed by atoms with Crippen LogP contribution in [0, 0.1) is 11.6 Å². The average molecular weight is 249 g/mol. The Morgan fingerprint density at radius 3 is 2.62 bits per heavy atom. The molecule has 88 valence electrons. The minimum atomic E-state index is -0.998. The Labute approximate surface area is 96.5 Å². The molecule has 0 radical (unpaired) electrons. The lowest BCUT2D eigenvalue weighted by Gasteiger charge is -2.14. The normalized spacial score (nSPS) is 12.2. The molecule has 1 aromatic carbocycles. The molecule has 1 rings (SSSR count). The lowest BCUT2D eigenvalue weighted by Crippen LogP contribution is -2.35. The summed E-state index contributed by atoms with van der Waals surface area (Å²) in [5.74, 6) is 2.11. The molecule has 6 heteroatoms. The predicted molar refractivity (Wildman–Crippen MR) is 56.8 cm³/mol. The van der Waals surface area contributed by atoms with E-state index in [0.29, 0.717) is 12.0 Å². The Balaban J connectivity index is 3.01. The molecule has 1 unspecified atom stereocenters. The molecular formula is C10H11ClF2N2O. The summed E-state index contributed by atoms with van der Waals surface area (Å²) in [4.78, 5) is 11.4. The first kappa shape index (κ1) is 12.9. The molecule has 1 amide bonds. The van der Waals surface area contributed by atoms with Crippen LogP contribution in [0.4, 0.5) is 8.78 Å². The van der Waals surface area contributed by atoms with Crippen molar-refractivity contribution < 1.29 is 13.6 Å². The van der Waals surface area contributed by atoms with E-state index in [0.717, 1.165) is 12.1 Å². The number of nitrogens with two attached hydrogens (primary N) is 1. The summed E-state index contributed by atoms with van der Waals surface area (Å²) in [6.45, 7) is 0. The standard InChI is InChI=1S/C10H11ClF2N2O/c11-4-3-7(10(16)15-14)6-1-2-8(12)9(13)5-6/h1-2,5,7H,3-4,14H2,(H,15,16). The molecule has 0 aliphatic carbocycles. The second-order valence-electron chi connectivity index (χ2n) is 3.21. The minimum absolute atomic E-state index is 0.219. The maximum Gasteiger partial charge on any atom is 0.241 e. The number of alkyl halides is 1. The van der Waals surface area contributed by atoms with Gasteiger partial charge >= 0.3 is 0 Å². The first-order valence-corrected chi connectivity index (χ1v) is 5.15. The van der Waals surface area contributed by atoms with Gasteiger partial charge in [0.25, 0.3) is 0 Å². The van der Waals surface area contributed by atoms with Gasteiger partial charge in [-0.05, 0) is 24.1 Å². The zero-order valence-electron chi connectivity index (χ0n) is 8.34. The van der Waals surface area contributed by atoms with E-state index in [1.807, 2.05) is 5.43 Å². The number of hydrazine groups is 1. The fraction of sp³-hybridized carbons (Fsp3) is 0.300. The van der Waals surface area contributed by atoms with Crippen molar-refractivity contribution in [2.24, 2.45) is 5.84 Å². The number of carbonyl (C=O) groups excluding carboxylic acids is 1. The van der Waals surface area contributed by atoms with E-state index in [-0.39, 0.29) is 5.88 Å². The van der Waals surface area contributed by atoms with E-state index < -0.39 is 23.5 Å². The van der Waals surface area contributed by atoms with Gasteiger partial charge in [-0.1, -0.05) is 6.07 Å². The zero-order chi connectivity index (χ0) is 12.1. The minimum Gasteiger partial charge on any atom is -0.294 e. The lowest BCUT2D eigenvalue weighted by molar-refractivity contribution is -0.122. The van der Waals surface area contributed by atoms with Crippen LogP contribution >= 0.6 is 11.6 Å². The topological polar surface area (TPSA) is 55.1 Å². The third kappa shape index (κ3) is 2.90. The van der Waals surface area contributed by atoms with E-state index in [4.69, 9.17) is 17.4 Å². The van der Waals surface area contributed by atoms with E-state index in [1.54, 1.807) is 0 Å². The van der Waals surface area contributed by atoms with Gasteiger partial charge < -0.3 is 0 Å². The maximum atomic E-state index is 13.0. The van der Waals surface area contributed by atoms with Crippen molar-refractivity contribution in [1.82, 2.24) is 5.43 Å². The maximum absolute atomic E-state index is 13.0. The Hall–Kier alpha value is -1.20. The highest BCUT2D eigenvalue weighted by molar-refractivity contribution is 6.18. The molecule has 16 heavy (non-hydrogen) atoms. The van der Waals surface area contributed by atoms with Crippen LogP contribution in [0.15, 0.2) is 18.2 Å². The van der Waals surface area contributed by atoms with Gasteiger partial charge in [0.05, 0.1) is 5.92 Å². The van der Waals surface area contributed by atoms with Crippen LogP contribution in [-0.2, 0) is 4.79 Å². The molecule has 0 spiro atoms. The van der Waals surface area contributed by atoms with Crippen molar-refractivity contribution in [2.45, 2.75) is 12.3 Å². The summed E-state index contributed by atoms with van der Waals surface area (Å²) < 4.78 is 25.7. The molecule has 3 nitrogen and oxygen atoms in total. The third-order valence-electron chi connectivity index (χ3n) is 2.20. The molecule has 0 fully saturated rings. The number of hydrogen-bond donors (Lipinski definition) is 2. The largest absolute Gasteiger partial charge is 0.294 e. The number of hydrogen-bond acceptors (Lipinski definition) is 2. The van der Waals surface area contributed by atoms with Gasteiger partial charge in [-0.15, -0.1) is 11.6 Å². The van der Waals surface area contributed by atoms with Crippen LogP contribution in [0.3, 0.4) is 0 Å². The molecule has 0 aliphatic rings. The van der Waals surface area contributed by atoms with Gasteiger partial charge in [-0.3, -0.25) is 10.2 Å². The average Bonchev–Trinajstić information content (AvgIpc) is 2.29. The van der Waals surface area contributed by atoms with Gasteiger partial charge in [-0.25, -0.2) is 14.6 Å². The molecule has 1 atom stereocenters. The molecular weight excluding hydrogens is 238 g/mol. The fourth-order valence-electron chi connectivity index (χ4n) is 1.39. The summed E-state index contributed by atoms with van der Waals surface area (Å²) in [6.07, 6.45) is 0.301. The first-order valence-electron chi connectivity index (χ1n) is 4.61. The van der Waals surface area contributed by atoms with Gasteiger partial charge in [0.15, 0.2) is 11.6 Å². The third-order valence-corrected chi connectivity index (χ3v) is 2.42. The number of halogens is 3. The quantitative estimate of drug-likeness (QED) is 0.369. The van der Waals surface area contributed by atoms with Crippen molar-refractivity contribution >= 4 is 17.5 Å². The van der Waals surface area contributed by atoms with Crippen LogP contribution in [-0.4, -0.2) is 11.8 Å². The second-order valence-corrected chi connectivity index (χ2v) is 3.59. The van der Waals surface area contributed by atoms with E-state index >= 15 is 0 Å². The second kappa shape index (κ2) is 5.77. The molecule has 0 saturated carbocycles. The number of amides is 1. The van der Waals surface area contributed by atoms with Crippen molar-refractivity contribution in [3.05, 3.63) is 35.4 Å². The molecule has 0 heterocycles. The highest BCUT2D eigenvalue weighted by Gasteiger charge is 2.20. The number of carbonyl (C=O) groups is 1. The predicted octanol–water partition coefficient (Wildman–Crippen LogP) is 1.67. The van der Waals surface area contributed by atoms with Crippen LogP contribution < -0.4 is 11.3 Å². The summed E-state index contributed by atoms with van der Waals surface area (Å²) >= 11 is 5.53. The summed E-state index contributed by atoms with van der Waals surface area (Å²) in [6, 6.07) is 3.28. The summed E-state index contributed by atoms with van der Waals surface area (Å²) in [5, 5.41) is 0. The molecule has 0 aromatic heterocycles. The summed E-state index contributed by atoms with van der Waals surface area (Å²) in [5.41, 5.74) is 2.32. The van der Waals surface area contributed by atoms with Crippen LogP contribution in [0.2, 0.25) is 0 Å². The lowest BCUT2D eigenvalue weighted by atomic mass is 9.95. The van der Waals surface area contributed by atoms with Crippen molar-refractivity contribution in [2.75, 3.05) is 5.88 Å². The molecule has 0 saturated heterocycles. The van der Waals surface area contributed by atoms with Crippen molar-refractivity contribution in [3.8, 4) is 0 Å². The van der Waals surface area contributed by atoms with E-state index in [2.05, 4.69) is 0 Å². The van der Waals surface area contributed by atoms with E-state index in [1.165, 1.54) is 6.07 Å². The van der Waals surface area contributed by atoms with Crippen LogP contribution in [0.5, 0.6) is 0 Å². The summed E-state index contributed by atoms with van der Waals surface area (Å²) in [7, 11) is 0. The highest BCUT2D eigenvalue weighted by atomic mass is 35.5. The smallest absolute Gasteiger partial charge is 0.241 e. The monoisotopic (exact) mass is 248 g/mol. The Kier molecular flexibility index (Phi) is 4.64. The Bertz CT molecular complexity index is 387. The van der Waals surface area contributed by atoms with Crippen molar-refractivity contribution in [3.63, 3.8) is 0 Å². The zero-order valence-corrected chi connectivity index (χ0v) is 9.10. The van der Waals surface area contributed by atoms with Gasteiger partial charge in [0.1, 0.15) is 0 Å². The molecule has 3 N–H and O–H groups in total. The molecule has 0 bridgehead atoms. The Morgan fingerprint density at radius 1 is 1.44 bits per heavy atom. The number of benzene rings is 1.